The van der Waals surface area contributed by atoms with E-state index in [0.29, 0.717) is 11.3 Å². The Hall–Kier alpha value is -5.13. The highest BCUT2D eigenvalue weighted by Crippen LogP contribution is 2.49. The molecule has 2 heterocycles. The smallest absolute Gasteiger partial charge is 0.411 e. The Kier molecular flexibility index (Phi) is 10.1. The summed E-state index contributed by atoms with van der Waals surface area (Å²) in [5, 5.41) is 27.6. The molecule has 0 bridgehead atoms. The average Bonchev–Trinajstić information content (AvgIpc) is 3.59. The van der Waals surface area contributed by atoms with Crippen LogP contribution in [0.5, 0.6) is 0 Å². The second-order valence-corrected chi connectivity index (χ2v) is 13.7. The van der Waals surface area contributed by atoms with Crippen molar-refractivity contribution in [2.75, 3.05) is 11.9 Å². The van der Waals surface area contributed by atoms with E-state index in [1.54, 1.807) is 24.3 Å². The minimum atomic E-state index is -4.72. The van der Waals surface area contributed by atoms with Crippen LogP contribution in [0.15, 0.2) is 53.8 Å². The molecule has 1 aliphatic heterocycles. The van der Waals surface area contributed by atoms with Crippen LogP contribution in [0, 0.1) is 16.2 Å². The molecule has 5 rings (SSSR count). The number of nitrogens with zero attached hydrogens (tertiary/aromatic N) is 5. The minimum absolute atomic E-state index is 0.0354. The molecular weight excluding hydrogens is 703 g/mol. The van der Waals surface area contributed by atoms with Gasteiger partial charge in [0.1, 0.15) is 30.4 Å². The lowest BCUT2D eigenvalue weighted by atomic mass is 9.75. The highest BCUT2D eigenvalue weighted by molar-refractivity contribution is 6.32. The summed E-state index contributed by atoms with van der Waals surface area (Å²) < 4.78 is 74.5. The van der Waals surface area contributed by atoms with Gasteiger partial charge in [0, 0.05) is 5.69 Å². The lowest BCUT2D eigenvalue weighted by Crippen LogP contribution is -2.49. The molecule has 2 atom stereocenters. The number of benzene rings is 2. The van der Waals surface area contributed by atoms with Crippen LogP contribution in [0.3, 0.4) is 0 Å². The van der Waals surface area contributed by atoms with E-state index in [0.717, 1.165) is 22.2 Å². The van der Waals surface area contributed by atoms with E-state index in [-0.39, 0.29) is 35.5 Å². The zero-order valence-corrected chi connectivity index (χ0v) is 28.2. The summed E-state index contributed by atoms with van der Waals surface area (Å²) in [4.78, 5) is 35.8. The van der Waals surface area contributed by atoms with E-state index in [9.17, 15) is 31.5 Å². The van der Waals surface area contributed by atoms with E-state index in [1.165, 1.54) is 24.5 Å². The van der Waals surface area contributed by atoms with Crippen LogP contribution in [0.1, 0.15) is 69.5 Å². The molecule has 0 unspecified atom stereocenters. The van der Waals surface area contributed by atoms with Gasteiger partial charge >= 0.3 is 12.3 Å². The van der Waals surface area contributed by atoms with Crippen LogP contribution in [0.4, 0.5) is 32.4 Å². The fraction of sp³-hybridized carbons (Fsp3) is 0.406. The number of nitrogens with one attached hydrogen (secondary N) is 5. The third-order valence-corrected chi connectivity index (χ3v) is 8.70. The molecule has 0 radical (unpaired) electrons. The molecule has 5 N–H and O–H groups in total. The molecule has 1 saturated heterocycles. The molecule has 19 heteroatoms. The summed E-state index contributed by atoms with van der Waals surface area (Å²) in [6, 6.07) is 9.34. The summed E-state index contributed by atoms with van der Waals surface area (Å²) >= 11 is 6.39. The number of aromatic nitrogens is 3. The Morgan fingerprint density at radius 2 is 1.86 bits per heavy atom. The molecule has 2 aromatic carbocycles. The Bertz CT molecular complexity index is 1840. The molecular formula is C32H34ClF5N10O3. The first-order chi connectivity index (χ1) is 23.9. The van der Waals surface area contributed by atoms with Crippen LogP contribution in [-0.2, 0) is 15.1 Å². The maximum absolute atomic E-state index is 14.8. The number of ether oxygens (including phenoxy) is 1. The van der Waals surface area contributed by atoms with Crippen molar-refractivity contribution in [3.05, 3.63) is 70.8 Å². The molecule has 2 fully saturated rings. The average molecular weight is 737 g/mol. The monoisotopic (exact) mass is 736 g/mol. The third kappa shape index (κ3) is 7.64. The largest absolute Gasteiger partial charge is 0.447 e. The summed E-state index contributed by atoms with van der Waals surface area (Å²) in [5.41, 5.74) is -3.39. The van der Waals surface area contributed by atoms with E-state index in [4.69, 9.17) is 27.2 Å². The predicted octanol–water partition coefficient (Wildman–Crippen LogP) is 6.47. The first-order valence-corrected chi connectivity index (χ1v) is 15.9. The molecule has 3 aromatic rings. The van der Waals surface area contributed by atoms with Gasteiger partial charge in [-0.1, -0.05) is 50.6 Å². The molecule has 2 amide bonds. The normalized spacial score (nSPS) is 19.3. The number of rotatable bonds is 12. The highest BCUT2D eigenvalue weighted by atomic mass is 35.5. The molecule has 51 heavy (non-hydrogen) atoms. The van der Waals surface area contributed by atoms with Crippen molar-refractivity contribution in [1.82, 2.24) is 30.3 Å². The Morgan fingerprint density at radius 1 is 1.18 bits per heavy atom. The molecule has 1 aliphatic carbocycles. The number of amides is 2. The van der Waals surface area contributed by atoms with Crippen molar-refractivity contribution in [2.24, 2.45) is 10.4 Å². The van der Waals surface area contributed by atoms with Crippen molar-refractivity contribution < 1.29 is 36.3 Å². The van der Waals surface area contributed by atoms with Gasteiger partial charge in [0.2, 0.25) is 0 Å². The Balaban J connectivity index is 1.56. The van der Waals surface area contributed by atoms with Gasteiger partial charge in [-0.15, -0.1) is 0 Å². The number of hydrogen-bond acceptors (Lipinski definition) is 7. The van der Waals surface area contributed by atoms with Crippen LogP contribution in [-0.4, -0.2) is 68.6 Å². The van der Waals surface area contributed by atoms with Crippen LogP contribution in [0.2, 0.25) is 5.02 Å². The standard InChI is InChI=1S/C32H34ClF5N10O3/c1-29(2,3)14-31(19-5-7-20(8-6-19)42-16-41-15-39)26(49)47(27(40)45-31)23(13-51-28(50)46-30(10-11-30)32(36,37)38)18-4-9-21(33)22(12-18)48-25(24(34)35)43-17-44-48/h4-9,12,15-17,23-24H,10-11,13-14H2,1-3H3,(H2,40,45)(H,46,50)(H2,39,41,42)/t23-,31-/m1/s1. The van der Waals surface area contributed by atoms with Gasteiger partial charge in [-0.05, 0) is 60.1 Å². The quantitative estimate of drug-likeness (QED) is 0.0806. The van der Waals surface area contributed by atoms with Crippen molar-refractivity contribution in [1.29, 1.82) is 10.8 Å². The topological polar surface area (TPSA) is 173 Å². The fourth-order valence-corrected chi connectivity index (χ4v) is 6.13. The number of anilines is 1. The fourth-order valence-electron chi connectivity index (χ4n) is 5.93. The number of guanidine groups is 1. The van der Waals surface area contributed by atoms with Crippen LogP contribution >= 0.6 is 11.6 Å². The first kappa shape index (κ1) is 37.1. The highest BCUT2D eigenvalue weighted by Gasteiger charge is 2.64. The van der Waals surface area contributed by atoms with Gasteiger partial charge in [0.25, 0.3) is 12.3 Å². The number of halogens is 6. The van der Waals surface area contributed by atoms with Crippen molar-refractivity contribution in [3.63, 3.8) is 0 Å². The van der Waals surface area contributed by atoms with Crippen molar-refractivity contribution in [3.8, 4) is 5.69 Å². The van der Waals surface area contributed by atoms with Crippen molar-refractivity contribution >= 4 is 47.9 Å². The molecule has 2 aliphatic rings. The number of carbonyl (C=O) groups is 2. The second-order valence-electron chi connectivity index (χ2n) is 13.3. The molecule has 272 valence electrons. The molecule has 1 aromatic heterocycles. The predicted molar refractivity (Wildman–Crippen MR) is 177 cm³/mol. The minimum Gasteiger partial charge on any atom is -0.447 e. The summed E-state index contributed by atoms with van der Waals surface area (Å²) in [6.45, 7) is 4.94. The summed E-state index contributed by atoms with van der Waals surface area (Å²) in [7, 11) is 0. The van der Waals surface area contributed by atoms with Gasteiger partial charge < -0.3 is 20.7 Å². The number of alkyl carbamates (subject to hydrolysis) is 1. The molecule has 1 saturated carbocycles. The lowest BCUT2D eigenvalue weighted by molar-refractivity contribution is -0.164. The van der Waals surface area contributed by atoms with E-state index < -0.39 is 65.5 Å². The first-order valence-electron chi connectivity index (χ1n) is 15.5. The van der Waals surface area contributed by atoms with E-state index in [1.807, 2.05) is 26.1 Å². The maximum atomic E-state index is 14.8. The van der Waals surface area contributed by atoms with Gasteiger partial charge in [0.05, 0.1) is 23.1 Å². The number of aliphatic imine (C=N–C) groups is 1. The Morgan fingerprint density at radius 3 is 2.45 bits per heavy atom. The van der Waals surface area contributed by atoms with Crippen LogP contribution in [0.25, 0.3) is 5.69 Å². The molecule has 0 spiro atoms. The third-order valence-electron chi connectivity index (χ3n) is 8.38. The van der Waals surface area contributed by atoms with Crippen LogP contribution < -0.4 is 16.0 Å². The number of hydrogen-bond donors (Lipinski definition) is 5. The van der Waals surface area contributed by atoms with Gasteiger partial charge in [0.15, 0.2) is 11.8 Å². The second kappa shape index (κ2) is 13.9. The van der Waals surface area contributed by atoms with E-state index >= 15 is 0 Å². The lowest BCUT2D eigenvalue weighted by Gasteiger charge is -2.35. The summed E-state index contributed by atoms with van der Waals surface area (Å²) in [5.74, 6) is -1.80. The SMILES string of the molecule is CC(C)(C)C[C@]1(c2ccc(N/C=N\C=N)cc2)NC(=N)N([C@H](COC(=O)NC2(C(F)(F)F)CC2)c2ccc(Cl)c(-n3ncnc3C(F)F)c2)C1=O. The Labute approximate surface area is 293 Å². The van der Waals surface area contributed by atoms with E-state index in [2.05, 4.69) is 25.7 Å². The van der Waals surface area contributed by atoms with Gasteiger partial charge in [-0.2, -0.15) is 18.3 Å². The number of carbonyl (C=O) groups excluding carboxylic acids is 2. The zero-order chi connectivity index (χ0) is 37.4. The maximum Gasteiger partial charge on any atom is 0.411 e. The zero-order valence-electron chi connectivity index (χ0n) is 27.5. The summed E-state index contributed by atoms with van der Waals surface area (Å²) in [6.07, 6.45) is -6.64. The molecule has 13 nitrogen and oxygen atoms in total. The number of alkyl halides is 5. The van der Waals surface area contributed by atoms with Gasteiger partial charge in [-0.25, -0.2) is 28.2 Å². The van der Waals surface area contributed by atoms with Gasteiger partial charge in [-0.3, -0.25) is 20.5 Å². The van der Waals surface area contributed by atoms with Crippen molar-refractivity contribution in [2.45, 2.75) is 69.8 Å².